The molecule has 4 heteroatoms. The predicted octanol–water partition coefficient (Wildman–Crippen LogP) is 2.82. The maximum absolute atomic E-state index is 11.9. The second-order valence-electron chi connectivity index (χ2n) is 5.01. The molecule has 0 saturated carbocycles. The van der Waals surface area contributed by atoms with Crippen molar-refractivity contribution in [3.63, 3.8) is 0 Å². The van der Waals surface area contributed by atoms with Crippen molar-refractivity contribution in [3.05, 3.63) is 42.5 Å². The number of para-hydroxylation sites is 1. The van der Waals surface area contributed by atoms with Gasteiger partial charge in [0, 0.05) is 18.2 Å². The van der Waals surface area contributed by atoms with Crippen molar-refractivity contribution in [2.45, 2.75) is 39.3 Å². The van der Waals surface area contributed by atoms with Crippen LogP contribution in [0.2, 0.25) is 0 Å². The molecule has 0 bridgehead atoms. The van der Waals surface area contributed by atoms with Gasteiger partial charge in [0.05, 0.1) is 0 Å². The van der Waals surface area contributed by atoms with Crippen LogP contribution in [0.25, 0.3) is 0 Å². The number of carbonyl (C=O) groups is 1. The summed E-state index contributed by atoms with van der Waals surface area (Å²) in [6.45, 7) is 11.0. The van der Waals surface area contributed by atoms with Crippen molar-refractivity contribution >= 4 is 5.91 Å². The van der Waals surface area contributed by atoms with Gasteiger partial charge >= 0.3 is 0 Å². The molecular formula is C17H26N2O2. The molecule has 0 fully saturated rings. The van der Waals surface area contributed by atoms with Gasteiger partial charge in [0.1, 0.15) is 5.75 Å². The topological polar surface area (TPSA) is 50.4 Å². The highest BCUT2D eigenvalue weighted by Crippen LogP contribution is 2.25. The Balaban J connectivity index is 2.74. The molecule has 2 atom stereocenters. The summed E-state index contributed by atoms with van der Waals surface area (Å²) in [6, 6.07) is 8.01. The van der Waals surface area contributed by atoms with Gasteiger partial charge in [-0.05, 0) is 32.9 Å². The van der Waals surface area contributed by atoms with Gasteiger partial charge in [-0.15, -0.1) is 6.58 Å². The summed E-state index contributed by atoms with van der Waals surface area (Å²) in [5, 5.41) is 6.17. The van der Waals surface area contributed by atoms with E-state index in [0.29, 0.717) is 6.54 Å². The molecule has 0 aliphatic rings. The Morgan fingerprint density at radius 2 is 2.10 bits per heavy atom. The summed E-state index contributed by atoms with van der Waals surface area (Å²) in [5.41, 5.74) is 1.06. The van der Waals surface area contributed by atoms with Crippen molar-refractivity contribution in [2.24, 2.45) is 0 Å². The van der Waals surface area contributed by atoms with Crippen LogP contribution >= 0.6 is 0 Å². The number of rotatable bonds is 9. The smallest absolute Gasteiger partial charge is 0.261 e. The van der Waals surface area contributed by atoms with Gasteiger partial charge in [-0.25, -0.2) is 0 Å². The van der Waals surface area contributed by atoms with E-state index in [9.17, 15) is 4.79 Å². The number of ether oxygens (including phenoxy) is 1. The number of hydrogen-bond donors (Lipinski definition) is 2. The second kappa shape index (κ2) is 9.19. The van der Waals surface area contributed by atoms with Crippen LogP contribution in [-0.2, 0) is 4.79 Å². The lowest BCUT2D eigenvalue weighted by molar-refractivity contribution is -0.127. The molecule has 116 valence electrons. The van der Waals surface area contributed by atoms with Crippen LogP contribution in [-0.4, -0.2) is 25.1 Å². The third-order valence-electron chi connectivity index (χ3n) is 3.18. The third-order valence-corrected chi connectivity index (χ3v) is 3.18. The first-order chi connectivity index (χ1) is 10.1. The van der Waals surface area contributed by atoms with Crippen LogP contribution in [0.4, 0.5) is 0 Å². The van der Waals surface area contributed by atoms with Crippen LogP contribution in [0.15, 0.2) is 36.9 Å². The fourth-order valence-corrected chi connectivity index (χ4v) is 1.98. The van der Waals surface area contributed by atoms with E-state index in [4.69, 9.17) is 4.74 Å². The minimum atomic E-state index is -0.538. The Hall–Kier alpha value is -1.81. The zero-order valence-corrected chi connectivity index (χ0v) is 13.2. The van der Waals surface area contributed by atoms with Crippen LogP contribution in [0.1, 0.15) is 38.8 Å². The molecule has 4 nitrogen and oxygen atoms in total. The lowest BCUT2D eigenvalue weighted by Gasteiger charge is -2.20. The molecule has 2 N–H and O–H groups in total. The van der Waals surface area contributed by atoms with Gasteiger partial charge in [0.2, 0.25) is 0 Å². The SMILES string of the molecule is C=CCNC(=O)C(C)Oc1ccccc1C(C)NCCC. The van der Waals surface area contributed by atoms with Gasteiger partial charge < -0.3 is 15.4 Å². The van der Waals surface area contributed by atoms with E-state index in [1.165, 1.54) is 0 Å². The Labute approximate surface area is 127 Å². The standard InChI is InChI=1S/C17H26N2O2/c1-5-11-18-13(3)15-9-7-8-10-16(15)21-14(4)17(20)19-12-6-2/h6-10,13-14,18H,2,5,11-12H2,1,3-4H3,(H,19,20). The van der Waals surface area contributed by atoms with E-state index in [1.807, 2.05) is 24.3 Å². The fourth-order valence-electron chi connectivity index (χ4n) is 1.98. The first-order valence-corrected chi connectivity index (χ1v) is 7.47. The van der Waals surface area contributed by atoms with Crippen molar-refractivity contribution in [2.75, 3.05) is 13.1 Å². The Morgan fingerprint density at radius 3 is 2.76 bits per heavy atom. The average molecular weight is 290 g/mol. The first-order valence-electron chi connectivity index (χ1n) is 7.47. The highest BCUT2D eigenvalue weighted by molar-refractivity contribution is 5.80. The van der Waals surface area contributed by atoms with E-state index in [1.54, 1.807) is 13.0 Å². The van der Waals surface area contributed by atoms with Gasteiger partial charge in [-0.2, -0.15) is 0 Å². The average Bonchev–Trinajstić information content (AvgIpc) is 2.50. The molecule has 1 amide bonds. The maximum atomic E-state index is 11.9. The highest BCUT2D eigenvalue weighted by atomic mass is 16.5. The van der Waals surface area contributed by atoms with E-state index in [2.05, 4.69) is 31.1 Å². The van der Waals surface area contributed by atoms with E-state index in [0.717, 1.165) is 24.3 Å². The van der Waals surface area contributed by atoms with Crippen molar-refractivity contribution in [1.29, 1.82) is 0 Å². The zero-order valence-electron chi connectivity index (χ0n) is 13.2. The number of nitrogens with one attached hydrogen (secondary N) is 2. The first kappa shape index (κ1) is 17.2. The highest BCUT2D eigenvalue weighted by Gasteiger charge is 2.17. The molecule has 1 aromatic rings. The predicted molar refractivity (Wildman–Crippen MR) is 86.4 cm³/mol. The summed E-state index contributed by atoms with van der Waals surface area (Å²) in [4.78, 5) is 11.9. The number of benzene rings is 1. The molecule has 0 spiro atoms. The Kier molecular flexibility index (Phi) is 7.54. The van der Waals surface area contributed by atoms with Crippen LogP contribution in [0.3, 0.4) is 0 Å². The van der Waals surface area contributed by atoms with E-state index < -0.39 is 6.10 Å². The molecule has 0 saturated heterocycles. The number of carbonyl (C=O) groups excluding carboxylic acids is 1. The molecule has 21 heavy (non-hydrogen) atoms. The van der Waals surface area contributed by atoms with E-state index >= 15 is 0 Å². The zero-order chi connectivity index (χ0) is 15.7. The molecular weight excluding hydrogens is 264 g/mol. The van der Waals surface area contributed by atoms with Gasteiger partial charge in [0.25, 0.3) is 5.91 Å². The Morgan fingerprint density at radius 1 is 1.38 bits per heavy atom. The van der Waals surface area contributed by atoms with Crippen molar-refractivity contribution in [3.8, 4) is 5.75 Å². The normalized spacial score (nSPS) is 13.3. The molecule has 1 aromatic carbocycles. The van der Waals surface area contributed by atoms with Crippen molar-refractivity contribution < 1.29 is 9.53 Å². The third kappa shape index (κ3) is 5.60. The monoisotopic (exact) mass is 290 g/mol. The van der Waals surface area contributed by atoms with Crippen LogP contribution in [0, 0.1) is 0 Å². The molecule has 1 rings (SSSR count). The summed E-state index contributed by atoms with van der Waals surface area (Å²) < 4.78 is 5.82. The van der Waals surface area contributed by atoms with E-state index in [-0.39, 0.29) is 11.9 Å². The lowest BCUT2D eigenvalue weighted by atomic mass is 10.1. The van der Waals surface area contributed by atoms with Gasteiger partial charge in [-0.3, -0.25) is 4.79 Å². The lowest BCUT2D eigenvalue weighted by Crippen LogP contribution is -2.36. The van der Waals surface area contributed by atoms with Gasteiger partial charge in [-0.1, -0.05) is 31.2 Å². The molecule has 0 aromatic heterocycles. The maximum Gasteiger partial charge on any atom is 0.261 e. The van der Waals surface area contributed by atoms with Gasteiger partial charge in [0.15, 0.2) is 6.10 Å². The molecule has 0 heterocycles. The summed E-state index contributed by atoms with van der Waals surface area (Å²) in [6.07, 6.45) is 2.19. The fraction of sp³-hybridized carbons (Fsp3) is 0.471. The number of hydrogen-bond acceptors (Lipinski definition) is 3. The number of amides is 1. The van der Waals surface area contributed by atoms with Crippen molar-refractivity contribution in [1.82, 2.24) is 10.6 Å². The summed E-state index contributed by atoms with van der Waals surface area (Å²) in [5.74, 6) is 0.605. The molecule has 0 aliphatic heterocycles. The molecule has 0 aliphatic carbocycles. The second-order valence-corrected chi connectivity index (χ2v) is 5.01. The Bertz CT molecular complexity index is 460. The van der Waals surface area contributed by atoms with Crippen LogP contribution < -0.4 is 15.4 Å². The largest absolute Gasteiger partial charge is 0.481 e. The minimum absolute atomic E-state index is 0.140. The van der Waals surface area contributed by atoms with Crippen LogP contribution in [0.5, 0.6) is 5.75 Å². The minimum Gasteiger partial charge on any atom is -0.481 e. The quantitative estimate of drug-likeness (QED) is 0.688. The molecule has 0 radical (unpaired) electrons. The summed E-state index contributed by atoms with van der Waals surface area (Å²) >= 11 is 0. The molecule has 2 unspecified atom stereocenters. The summed E-state index contributed by atoms with van der Waals surface area (Å²) in [7, 11) is 0.